The van der Waals surface area contributed by atoms with Crippen molar-refractivity contribution in [2.75, 3.05) is 6.61 Å². The molecule has 0 bridgehead atoms. The number of nitrogens with one attached hydrogen (secondary N) is 2. The predicted octanol–water partition coefficient (Wildman–Crippen LogP) is -2.52. The van der Waals surface area contributed by atoms with Crippen molar-refractivity contribution in [1.82, 2.24) is 14.5 Å². The van der Waals surface area contributed by atoms with Crippen LogP contribution in [0.25, 0.3) is 0 Å². The van der Waals surface area contributed by atoms with E-state index in [1.165, 1.54) is 0 Å². The molecule has 1 saturated heterocycles. The molecule has 0 amide bonds. The summed E-state index contributed by atoms with van der Waals surface area (Å²) in [6, 6.07) is 0. The average Bonchev–Trinajstić information content (AvgIpc) is 2.62. The highest BCUT2D eigenvalue weighted by atomic mass is 16.7. The lowest BCUT2D eigenvalue weighted by Crippen LogP contribution is -2.63. The van der Waals surface area contributed by atoms with Crippen LogP contribution < -0.4 is 17.1 Å². The molecule has 0 spiro atoms. The second-order valence-corrected chi connectivity index (χ2v) is 6.65. The highest BCUT2D eigenvalue weighted by molar-refractivity contribution is 5.68. The predicted molar refractivity (Wildman–Crippen MR) is 99.1 cm³/mol. The lowest BCUT2D eigenvalue weighted by atomic mass is 9.97. The molecule has 1 fully saturated rings. The van der Waals surface area contributed by atoms with Crippen molar-refractivity contribution in [2.45, 2.75) is 58.3 Å². The zero-order valence-electron chi connectivity index (χ0n) is 17.4. The van der Waals surface area contributed by atoms with Crippen LogP contribution in [0.15, 0.2) is 14.4 Å². The van der Waals surface area contributed by atoms with E-state index in [1.54, 1.807) is 0 Å². The highest BCUT2D eigenvalue weighted by Gasteiger charge is 2.53. The number of aromatic nitrogens is 3. The van der Waals surface area contributed by atoms with Crippen molar-refractivity contribution in [2.24, 2.45) is 0 Å². The van der Waals surface area contributed by atoms with Crippen molar-refractivity contribution in [3.63, 3.8) is 0 Å². The van der Waals surface area contributed by atoms with Gasteiger partial charge in [0.15, 0.2) is 24.5 Å². The molecule has 15 heteroatoms. The number of hydrogen-bond acceptors (Lipinski definition) is 12. The zero-order chi connectivity index (χ0) is 24.2. The first-order chi connectivity index (χ1) is 14.9. The standard InChI is InChI=1S/C17H21N3O12/c1-6(21)28-5-10-11(29-7(2)22)12(30-8(3)23)13(31-9(4)24)14(32-10)20-16(26)18-15(25)19-17(20)27/h10-14H,5H2,1-4H3,(H2,18,19,25,26,27)/t10-,11-,12+,13-,14-/m1/s1. The fourth-order valence-electron chi connectivity index (χ4n) is 3.08. The molecule has 0 saturated carbocycles. The Bertz CT molecular complexity index is 1040. The van der Waals surface area contributed by atoms with Crippen LogP contribution >= 0.6 is 0 Å². The summed E-state index contributed by atoms with van der Waals surface area (Å²) < 4.78 is 26.4. The van der Waals surface area contributed by atoms with E-state index in [2.05, 4.69) is 0 Å². The first-order valence-corrected chi connectivity index (χ1v) is 9.16. The first-order valence-electron chi connectivity index (χ1n) is 9.16. The molecule has 2 N–H and O–H groups in total. The smallest absolute Gasteiger partial charge is 0.335 e. The van der Waals surface area contributed by atoms with Crippen LogP contribution in [0, 0.1) is 0 Å². The van der Waals surface area contributed by atoms with E-state index >= 15 is 0 Å². The minimum absolute atomic E-state index is 0.371. The van der Waals surface area contributed by atoms with Crippen molar-refractivity contribution >= 4 is 23.9 Å². The molecule has 32 heavy (non-hydrogen) atoms. The third-order valence-electron chi connectivity index (χ3n) is 4.10. The number of H-pyrrole nitrogens is 2. The van der Waals surface area contributed by atoms with Crippen molar-refractivity contribution in [3.8, 4) is 0 Å². The SMILES string of the molecule is CC(=O)OC[C@H]1O[C@@H](n2c(=O)[nH]c(=O)[nH]c2=O)[C@H](OC(C)=O)[C@@H](OC(C)=O)[C@@H]1OC(C)=O. The molecule has 0 unspecified atom stereocenters. The van der Waals surface area contributed by atoms with Gasteiger partial charge < -0.3 is 23.7 Å². The summed E-state index contributed by atoms with van der Waals surface area (Å²) in [6.45, 7) is 3.58. The number of carbonyl (C=O) groups is 4. The lowest BCUT2D eigenvalue weighted by molar-refractivity contribution is -0.269. The van der Waals surface area contributed by atoms with Gasteiger partial charge in [-0.25, -0.2) is 19.0 Å². The number of nitrogens with zero attached hydrogens (tertiary/aromatic N) is 1. The minimum atomic E-state index is -1.77. The number of ether oxygens (including phenoxy) is 5. The maximum atomic E-state index is 12.3. The highest BCUT2D eigenvalue weighted by Crippen LogP contribution is 2.33. The molecule has 5 atom stereocenters. The Morgan fingerprint density at radius 3 is 1.72 bits per heavy atom. The summed E-state index contributed by atoms with van der Waals surface area (Å²) in [5.74, 6) is -3.40. The fraction of sp³-hybridized carbons (Fsp3) is 0.588. The van der Waals surface area contributed by atoms with Gasteiger partial charge in [0.2, 0.25) is 0 Å². The largest absolute Gasteiger partial charge is 0.463 e. The van der Waals surface area contributed by atoms with Crippen LogP contribution in [0.3, 0.4) is 0 Å². The van der Waals surface area contributed by atoms with Crippen molar-refractivity contribution in [3.05, 3.63) is 31.5 Å². The van der Waals surface area contributed by atoms with E-state index in [9.17, 15) is 33.6 Å². The number of rotatable bonds is 6. The Morgan fingerprint density at radius 2 is 1.25 bits per heavy atom. The molecule has 2 rings (SSSR count). The van der Waals surface area contributed by atoms with Gasteiger partial charge in [0.1, 0.15) is 12.7 Å². The van der Waals surface area contributed by atoms with Crippen LogP contribution in [0.4, 0.5) is 0 Å². The van der Waals surface area contributed by atoms with E-state index in [-0.39, 0.29) is 0 Å². The topological polar surface area (TPSA) is 202 Å². The van der Waals surface area contributed by atoms with Gasteiger partial charge in [0.25, 0.3) is 0 Å². The first kappa shape index (κ1) is 24.5. The number of hydrogen-bond donors (Lipinski definition) is 2. The van der Waals surface area contributed by atoms with Crippen LogP contribution in [0.1, 0.15) is 33.9 Å². The summed E-state index contributed by atoms with van der Waals surface area (Å²) in [5.41, 5.74) is -3.58. The van der Waals surface area contributed by atoms with Crippen LogP contribution in [0.2, 0.25) is 0 Å². The van der Waals surface area contributed by atoms with Crippen molar-refractivity contribution in [1.29, 1.82) is 0 Å². The third kappa shape index (κ3) is 5.90. The zero-order valence-corrected chi connectivity index (χ0v) is 17.4. The van der Waals surface area contributed by atoms with Gasteiger partial charge in [-0.05, 0) is 0 Å². The van der Waals surface area contributed by atoms with Crippen LogP contribution in [-0.2, 0) is 42.9 Å². The summed E-state index contributed by atoms with van der Waals surface area (Å²) in [5, 5.41) is 0. The Morgan fingerprint density at radius 1 is 0.781 bits per heavy atom. The normalized spacial score (nSPS) is 24.8. The Kier molecular flexibility index (Phi) is 7.69. The minimum Gasteiger partial charge on any atom is -0.463 e. The Hall–Kier alpha value is -3.75. The second kappa shape index (κ2) is 10.0. The van der Waals surface area contributed by atoms with E-state index in [0.717, 1.165) is 27.7 Å². The Balaban J connectivity index is 2.68. The molecule has 15 nitrogen and oxygen atoms in total. The molecule has 1 aliphatic heterocycles. The molecule has 0 radical (unpaired) electrons. The number of carbonyl (C=O) groups excluding carboxylic acids is 4. The molecule has 176 valence electrons. The van der Waals surface area contributed by atoms with Gasteiger partial charge in [-0.2, -0.15) is 0 Å². The van der Waals surface area contributed by atoms with Crippen LogP contribution in [-0.4, -0.2) is 69.4 Å². The second-order valence-electron chi connectivity index (χ2n) is 6.65. The van der Waals surface area contributed by atoms with Gasteiger partial charge in [0, 0.05) is 27.7 Å². The summed E-state index contributed by atoms with van der Waals surface area (Å²) in [7, 11) is 0. The molecule has 0 aliphatic carbocycles. The third-order valence-corrected chi connectivity index (χ3v) is 4.10. The van der Waals surface area contributed by atoms with Gasteiger partial charge in [-0.3, -0.25) is 29.1 Å². The van der Waals surface area contributed by atoms with Crippen molar-refractivity contribution < 1.29 is 42.9 Å². The summed E-state index contributed by atoms with van der Waals surface area (Å²) >= 11 is 0. The quantitative estimate of drug-likeness (QED) is 0.334. The van der Waals surface area contributed by atoms with E-state index in [4.69, 9.17) is 23.7 Å². The molecule has 0 aromatic carbocycles. The molecule has 1 aromatic rings. The molecule has 2 heterocycles. The summed E-state index contributed by atoms with van der Waals surface area (Å²) in [4.78, 5) is 86.2. The van der Waals surface area contributed by atoms with E-state index < -0.39 is 78.2 Å². The van der Waals surface area contributed by atoms with Gasteiger partial charge in [-0.1, -0.05) is 0 Å². The molecular formula is C17H21N3O12. The Labute approximate surface area is 178 Å². The molecule has 1 aliphatic rings. The number of aromatic amines is 2. The van der Waals surface area contributed by atoms with Gasteiger partial charge in [-0.15, -0.1) is 0 Å². The van der Waals surface area contributed by atoms with Crippen LogP contribution in [0.5, 0.6) is 0 Å². The van der Waals surface area contributed by atoms with Gasteiger partial charge >= 0.3 is 40.9 Å². The summed E-state index contributed by atoms with van der Waals surface area (Å²) in [6.07, 6.45) is -7.88. The maximum absolute atomic E-state index is 12.3. The van der Waals surface area contributed by atoms with E-state index in [1.807, 2.05) is 9.97 Å². The monoisotopic (exact) mass is 459 g/mol. The lowest BCUT2D eigenvalue weighted by Gasteiger charge is -2.44. The number of esters is 4. The molecule has 1 aromatic heterocycles. The molecular weight excluding hydrogens is 438 g/mol. The maximum Gasteiger partial charge on any atom is 0.335 e. The van der Waals surface area contributed by atoms with E-state index in [0.29, 0.717) is 4.57 Å². The van der Waals surface area contributed by atoms with Gasteiger partial charge in [0.05, 0.1) is 0 Å². The average molecular weight is 459 g/mol. The fourth-order valence-corrected chi connectivity index (χ4v) is 3.08.